The van der Waals surface area contributed by atoms with Gasteiger partial charge in [-0.2, -0.15) is 0 Å². The molecule has 0 spiro atoms. The van der Waals surface area contributed by atoms with Crippen molar-refractivity contribution in [1.29, 1.82) is 0 Å². The second-order valence-corrected chi connectivity index (χ2v) is 11.4. The van der Waals surface area contributed by atoms with E-state index in [1.807, 2.05) is 6.92 Å². The van der Waals surface area contributed by atoms with Gasteiger partial charge in [0.25, 0.3) is 19.7 Å². The monoisotopic (exact) mass is 494 g/mol. The third-order valence-corrected chi connectivity index (χ3v) is 9.03. The van der Waals surface area contributed by atoms with Crippen LogP contribution in [0.5, 0.6) is 11.5 Å². The van der Waals surface area contributed by atoms with Crippen molar-refractivity contribution in [3.8, 4) is 11.5 Å². The van der Waals surface area contributed by atoms with Crippen molar-refractivity contribution in [1.82, 2.24) is 0 Å². The molecule has 0 aliphatic rings. The molecule has 0 unspecified atom stereocenters. The highest BCUT2D eigenvalue weighted by molar-refractivity contribution is 8.31. The minimum atomic E-state index is -4.74. The summed E-state index contributed by atoms with van der Waals surface area (Å²) >= 11 is 0. The smallest absolute Gasteiger partial charge is 0.493 e. The molecule has 0 radical (unpaired) electrons. The van der Waals surface area contributed by atoms with Crippen LogP contribution in [0.1, 0.15) is 52.4 Å². The van der Waals surface area contributed by atoms with E-state index in [9.17, 15) is 22.4 Å². The maximum Gasteiger partial charge on any atom is 0.504 e. The number of rotatable bonds is 12. The highest BCUT2D eigenvalue weighted by atomic mass is 32.3. The molecule has 0 atom stereocenters. The Morgan fingerprint density at radius 2 is 1.42 bits per heavy atom. The molecule has 2 rings (SSSR count). The van der Waals surface area contributed by atoms with Gasteiger partial charge in [-0.25, -0.2) is 16.8 Å². The van der Waals surface area contributed by atoms with Crippen LogP contribution in [-0.2, 0) is 19.7 Å². The molecule has 0 aliphatic heterocycles. The minimum absolute atomic E-state index is 0.0523. The lowest BCUT2D eigenvalue weighted by Gasteiger charge is -2.13. The number of hydrogen-bond donors (Lipinski definition) is 0. The second kappa shape index (κ2) is 12.5. The average molecular weight is 495 g/mol. The largest absolute Gasteiger partial charge is 0.504 e. The average Bonchev–Trinajstić information content (AvgIpc) is 2.80. The standard InChI is InChI=1S/C23H30N2O6S2/c1-3-5-10-16-30-19-14-15-22(21(18-19)31-17-11-6-4-2)33(28,29)23(25-24)32(26,27)20-12-8-7-9-13-20/h7-9,12-15,18H,3-6,10-11,16-17H2,1-2H3. The Labute approximate surface area is 196 Å². The highest BCUT2D eigenvalue weighted by Gasteiger charge is 2.45. The number of nitrogens with zero attached hydrogens (tertiary/aromatic N) is 2. The van der Waals surface area contributed by atoms with E-state index in [2.05, 4.69) is 11.7 Å². The molecule has 0 amide bonds. The van der Waals surface area contributed by atoms with E-state index in [1.165, 1.54) is 42.5 Å². The van der Waals surface area contributed by atoms with Crippen molar-refractivity contribution in [2.75, 3.05) is 13.2 Å². The highest BCUT2D eigenvalue weighted by Crippen LogP contribution is 2.32. The summed E-state index contributed by atoms with van der Waals surface area (Å²) in [4.78, 5) is 1.97. The van der Waals surface area contributed by atoms with Gasteiger partial charge >= 0.3 is 4.38 Å². The molecular formula is C23H30N2O6S2. The van der Waals surface area contributed by atoms with Crippen LogP contribution >= 0.6 is 0 Å². The third kappa shape index (κ3) is 6.90. The van der Waals surface area contributed by atoms with E-state index in [-0.39, 0.29) is 17.3 Å². The molecule has 0 heterocycles. The summed E-state index contributed by atoms with van der Waals surface area (Å²) in [5, 5.41) is 0. The number of unbranched alkanes of at least 4 members (excludes halogenated alkanes) is 4. The fourth-order valence-corrected chi connectivity index (χ4v) is 6.50. The van der Waals surface area contributed by atoms with Gasteiger partial charge in [0.1, 0.15) is 16.4 Å². The van der Waals surface area contributed by atoms with Crippen LogP contribution in [0.2, 0.25) is 0 Å². The zero-order valence-electron chi connectivity index (χ0n) is 18.9. The Hall–Kier alpha value is -2.68. The molecule has 33 heavy (non-hydrogen) atoms. The lowest BCUT2D eigenvalue weighted by Crippen LogP contribution is -2.26. The lowest BCUT2D eigenvalue weighted by molar-refractivity contribution is 0.00378. The van der Waals surface area contributed by atoms with Gasteiger partial charge in [-0.15, -0.1) is 4.79 Å². The maximum absolute atomic E-state index is 13.3. The fourth-order valence-electron chi connectivity index (χ4n) is 3.04. The van der Waals surface area contributed by atoms with Gasteiger partial charge in [-0.05, 0) is 37.1 Å². The molecule has 0 N–H and O–H groups in total. The van der Waals surface area contributed by atoms with E-state index in [4.69, 9.17) is 9.47 Å². The number of benzene rings is 2. The van der Waals surface area contributed by atoms with E-state index in [0.717, 1.165) is 32.1 Å². The third-order valence-electron chi connectivity index (χ3n) is 4.82. The Morgan fingerprint density at radius 3 is 2.00 bits per heavy atom. The molecule has 0 aliphatic carbocycles. The predicted molar refractivity (Wildman–Crippen MR) is 126 cm³/mol. The van der Waals surface area contributed by atoms with Crippen LogP contribution in [0, 0.1) is 0 Å². The zero-order valence-corrected chi connectivity index (χ0v) is 20.6. The molecule has 8 nitrogen and oxygen atoms in total. The lowest BCUT2D eigenvalue weighted by atomic mass is 10.2. The molecule has 0 saturated carbocycles. The van der Waals surface area contributed by atoms with Crippen LogP contribution in [0.25, 0.3) is 5.53 Å². The van der Waals surface area contributed by atoms with Gasteiger partial charge in [-0.1, -0.05) is 57.7 Å². The summed E-state index contributed by atoms with van der Waals surface area (Å²) < 4.78 is 62.5. The first-order chi connectivity index (χ1) is 15.8. The van der Waals surface area contributed by atoms with Gasteiger partial charge < -0.3 is 15.0 Å². The van der Waals surface area contributed by atoms with Gasteiger partial charge in [0.2, 0.25) is 0 Å². The van der Waals surface area contributed by atoms with Gasteiger partial charge in [-0.3, -0.25) is 0 Å². The van der Waals surface area contributed by atoms with Crippen molar-refractivity contribution in [2.45, 2.75) is 62.2 Å². The molecule has 0 saturated heterocycles. The Bertz CT molecular complexity index is 1170. The quantitative estimate of drug-likeness (QED) is 0.139. The zero-order chi connectivity index (χ0) is 24.3. The summed E-state index contributed by atoms with van der Waals surface area (Å²) in [5.74, 6) is 0.354. The van der Waals surface area contributed by atoms with Crippen LogP contribution in [0.4, 0.5) is 0 Å². The van der Waals surface area contributed by atoms with Crippen molar-refractivity contribution in [2.24, 2.45) is 0 Å². The normalized spacial score (nSPS) is 11.6. The molecule has 0 aromatic heterocycles. The molecule has 10 heteroatoms. The van der Waals surface area contributed by atoms with Crippen molar-refractivity contribution >= 4 is 24.1 Å². The van der Waals surface area contributed by atoms with Crippen molar-refractivity contribution < 1.29 is 31.1 Å². The van der Waals surface area contributed by atoms with E-state index in [0.29, 0.717) is 18.8 Å². The summed E-state index contributed by atoms with van der Waals surface area (Å²) in [5.41, 5.74) is 9.44. The van der Waals surface area contributed by atoms with E-state index >= 15 is 0 Å². The number of sulfone groups is 2. The number of hydrogen-bond acceptors (Lipinski definition) is 6. The molecule has 180 valence electrons. The van der Waals surface area contributed by atoms with E-state index < -0.39 is 28.9 Å². The first-order valence-corrected chi connectivity index (χ1v) is 13.9. The molecule has 2 aromatic rings. The summed E-state index contributed by atoms with van der Waals surface area (Å²) in [6.45, 7) is 4.80. The van der Waals surface area contributed by atoms with Crippen LogP contribution < -0.4 is 9.47 Å². The first-order valence-electron chi connectivity index (χ1n) is 11.0. The van der Waals surface area contributed by atoms with Crippen LogP contribution in [-0.4, -0.2) is 39.2 Å². The summed E-state index contributed by atoms with van der Waals surface area (Å²) in [6.07, 6.45) is 5.42. The van der Waals surface area contributed by atoms with Gasteiger partial charge in [0, 0.05) is 6.07 Å². The Morgan fingerprint density at radius 1 is 0.818 bits per heavy atom. The molecule has 0 bridgehead atoms. The fraction of sp³-hybridized carbons (Fsp3) is 0.435. The maximum atomic E-state index is 13.3. The number of ether oxygens (including phenoxy) is 2. The first kappa shape index (κ1) is 26.6. The molecular weight excluding hydrogens is 464 g/mol. The topological polar surface area (TPSA) is 123 Å². The van der Waals surface area contributed by atoms with Crippen molar-refractivity contribution in [3.63, 3.8) is 0 Å². The minimum Gasteiger partial charge on any atom is -0.493 e. The van der Waals surface area contributed by atoms with Gasteiger partial charge in [0.15, 0.2) is 0 Å². The summed E-state index contributed by atoms with van der Waals surface area (Å²) in [7, 11) is -9.35. The van der Waals surface area contributed by atoms with Crippen molar-refractivity contribution in [3.05, 3.63) is 54.1 Å². The second-order valence-electron chi connectivity index (χ2n) is 7.41. The van der Waals surface area contributed by atoms with Gasteiger partial charge in [0.05, 0.1) is 18.1 Å². The summed E-state index contributed by atoms with van der Waals surface area (Å²) in [6, 6.07) is 11.0. The van der Waals surface area contributed by atoms with E-state index in [1.54, 1.807) is 6.07 Å². The molecule has 2 aromatic carbocycles. The Balaban J connectivity index is 2.46. The predicted octanol–water partition coefficient (Wildman–Crippen LogP) is 4.66. The van der Waals surface area contributed by atoms with Crippen LogP contribution in [0.3, 0.4) is 0 Å². The molecule has 0 fully saturated rings. The Kier molecular flexibility index (Phi) is 10.1. The SMILES string of the molecule is CCCCCOc1ccc(S(=O)(=O)C(=[N+]=[N-])S(=O)(=O)c2ccccc2)c(OCCCCC)c1. The van der Waals surface area contributed by atoms with Crippen LogP contribution in [0.15, 0.2) is 58.3 Å².